The normalized spacial score (nSPS) is 11.4. The zero-order valence-corrected chi connectivity index (χ0v) is 15.0. The maximum absolute atomic E-state index is 13.8. The van der Waals surface area contributed by atoms with Gasteiger partial charge in [-0.3, -0.25) is 4.79 Å². The van der Waals surface area contributed by atoms with Gasteiger partial charge in [0.1, 0.15) is 17.3 Å². The number of carbonyl (C=O) groups excluding carboxylic acids is 1. The number of anilines is 1. The first-order valence-electron chi connectivity index (χ1n) is 7.81. The number of nitrogens with one attached hydrogen (secondary N) is 1. The molecule has 2 aromatic carbocycles. The highest BCUT2D eigenvalue weighted by Gasteiger charge is 2.16. The van der Waals surface area contributed by atoms with E-state index in [-0.39, 0.29) is 22.6 Å². The maximum Gasteiger partial charge on any atom is 0.276 e. The van der Waals surface area contributed by atoms with E-state index in [1.165, 1.54) is 41.2 Å². The maximum atomic E-state index is 13.8. The van der Waals surface area contributed by atoms with Gasteiger partial charge in [0.2, 0.25) is 0 Å². The fourth-order valence-electron chi connectivity index (χ4n) is 2.49. The van der Waals surface area contributed by atoms with Gasteiger partial charge in [0, 0.05) is 18.1 Å². The van der Waals surface area contributed by atoms with Crippen LogP contribution in [0.3, 0.4) is 0 Å². The summed E-state index contributed by atoms with van der Waals surface area (Å²) in [6.07, 6.45) is 2.44. The topological polar surface area (TPSA) is 81.1 Å². The Kier molecular flexibility index (Phi) is 5.04. The van der Waals surface area contributed by atoms with Gasteiger partial charge in [-0.05, 0) is 42.0 Å². The van der Waals surface area contributed by atoms with Crippen LogP contribution in [0.15, 0.2) is 54.7 Å². The van der Waals surface area contributed by atoms with Gasteiger partial charge < -0.3 is 5.32 Å². The molecule has 9 heteroatoms. The molecule has 1 aromatic heterocycles. The van der Waals surface area contributed by atoms with Gasteiger partial charge >= 0.3 is 0 Å². The Morgan fingerprint density at radius 3 is 2.59 bits per heavy atom. The molecule has 140 valence electrons. The number of carbonyl (C=O) groups is 1. The molecule has 1 N–H and O–H groups in total. The predicted octanol–water partition coefficient (Wildman–Crippen LogP) is 2.95. The van der Waals surface area contributed by atoms with E-state index in [1.807, 2.05) is 0 Å². The minimum Gasteiger partial charge on any atom is -0.320 e. The molecular formula is C18H15F2N3O3S. The van der Waals surface area contributed by atoms with Crippen LogP contribution in [0.2, 0.25) is 0 Å². The highest BCUT2D eigenvalue weighted by Crippen LogP contribution is 2.20. The third-order valence-electron chi connectivity index (χ3n) is 3.65. The summed E-state index contributed by atoms with van der Waals surface area (Å²) in [4.78, 5) is 12.4. The average molecular weight is 391 g/mol. The molecule has 1 heterocycles. The fraction of sp³-hybridized carbons (Fsp3) is 0.111. The van der Waals surface area contributed by atoms with Crippen molar-refractivity contribution in [2.24, 2.45) is 0 Å². The van der Waals surface area contributed by atoms with Crippen LogP contribution < -0.4 is 5.32 Å². The average Bonchev–Trinajstić information content (AvgIpc) is 3.06. The Labute approximate surface area is 154 Å². The summed E-state index contributed by atoms with van der Waals surface area (Å²) in [7, 11) is -3.43. The number of para-hydroxylation sites is 1. The summed E-state index contributed by atoms with van der Waals surface area (Å²) in [5, 5.41) is 6.55. The Bertz CT molecular complexity index is 1110. The minimum absolute atomic E-state index is 0.00659. The Hall–Kier alpha value is -3.07. The number of hydrogen-bond acceptors (Lipinski definition) is 4. The summed E-state index contributed by atoms with van der Waals surface area (Å²) in [5.74, 6) is -2.17. The SMILES string of the molecule is CS(=O)(=O)Cc1cc(F)ccc1NC(=O)c1ccn(-c2ccccc2F)n1. The number of hydrogen-bond donors (Lipinski definition) is 1. The molecular weight excluding hydrogens is 376 g/mol. The summed E-state index contributed by atoms with van der Waals surface area (Å²) >= 11 is 0. The van der Waals surface area contributed by atoms with E-state index < -0.39 is 33.1 Å². The van der Waals surface area contributed by atoms with Gasteiger partial charge in [-0.25, -0.2) is 21.9 Å². The van der Waals surface area contributed by atoms with Crippen LogP contribution in [0, 0.1) is 11.6 Å². The third-order valence-corrected chi connectivity index (χ3v) is 4.49. The summed E-state index contributed by atoms with van der Waals surface area (Å²) in [6, 6.07) is 10.8. The highest BCUT2D eigenvalue weighted by molar-refractivity contribution is 7.89. The van der Waals surface area contributed by atoms with Gasteiger partial charge in [0.15, 0.2) is 15.5 Å². The molecule has 0 atom stereocenters. The molecule has 3 rings (SSSR count). The zero-order valence-electron chi connectivity index (χ0n) is 14.2. The first-order valence-corrected chi connectivity index (χ1v) is 9.87. The van der Waals surface area contributed by atoms with Gasteiger partial charge in [-0.15, -0.1) is 0 Å². The summed E-state index contributed by atoms with van der Waals surface area (Å²) < 4.78 is 51.5. The van der Waals surface area contributed by atoms with Crippen LogP contribution in [0.25, 0.3) is 5.69 Å². The lowest BCUT2D eigenvalue weighted by atomic mass is 10.2. The van der Waals surface area contributed by atoms with E-state index in [2.05, 4.69) is 10.4 Å². The van der Waals surface area contributed by atoms with E-state index >= 15 is 0 Å². The van der Waals surface area contributed by atoms with E-state index in [9.17, 15) is 22.0 Å². The lowest BCUT2D eigenvalue weighted by Gasteiger charge is -2.10. The van der Waals surface area contributed by atoms with Crippen LogP contribution in [-0.2, 0) is 15.6 Å². The lowest BCUT2D eigenvalue weighted by molar-refractivity contribution is 0.102. The lowest BCUT2D eigenvalue weighted by Crippen LogP contribution is -2.15. The van der Waals surface area contributed by atoms with E-state index in [4.69, 9.17) is 0 Å². The van der Waals surface area contributed by atoms with Crippen molar-refractivity contribution in [2.75, 3.05) is 11.6 Å². The third kappa shape index (κ3) is 4.56. The Morgan fingerprint density at radius 1 is 1.15 bits per heavy atom. The van der Waals surface area contributed by atoms with Crippen LogP contribution in [0.1, 0.15) is 16.1 Å². The van der Waals surface area contributed by atoms with Crippen molar-refractivity contribution in [2.45, 2.75) is 5.75 Å². The quantitative estimate of drug-likeness (QED) is 0.725. The number of nitrogens with zero attached hydrogens (tertiary/aromatic N) is 2. The second-order valence-electron chi connectivity index (χ2n) is 5.92. The Balaban J connectivity index is 1.86. The largest absolute Gasteiger partial charge is 0.320 e. The second-order valence-corrected chi connectivity index (χ2v) is 8.06. The minimum atomic E-state index is -3.43. The van der Waals surface area contributed by atoms with Crippen molar-refractivity contribution < 1.29 is 22.0 Å². The van der Waals surface area contributed by atoms with Crippen LogP contribution >= 0.6 is 0 Å². The monoisotopic (exact) mass is 391 g/mol. The molecule has 0 bridgehead atoms. The van der Waals surface area contributed by atoms with Crippen molar-refractivity contribution in [3.8, 4) is 5.69 Å². The Morgan fingerprint density at radius 2 is 1.89 bits per heavy atom. The van der Waals surface area contributed by atoms with Crippen molar-refractivity contribution in [1.29, 1.82) is 0 Å². The number of rotatable bonds is 5. The molecule has 0 aliphatic rings. The fourth-order valence-corrected chi connectivity index (χ4v) is 3.29. The molecule has 1 amide bonds. The number of aromatic nitrogens is 2. The summed E-state index contributed by atoms with van der Waals surface area (Å²) in [5.41, 5.74) is 0.454. The van der Waals surface area contributed by atoms with Gasteiger partial charge in [0.25, 0.3) is 5.91 Å². The smallest absolute Gasteiger partial charge is 0.276 e. The second kappa shape index (κ2) is 7.28. The molecule has 0 unspecified atom stereocenters. The van der Waals surface area contributed by atoms with Crippen LogP contribution in [-0.4, -0.2) is 30.4 Å². The first-order chi connectivity index (χ1) is 12.7. The molecule has 0 fully saturated rings. The molecule has 27 heavy (non-hydrogen) atoms. The molecule has 3 aromatic rings. The van der Waals surface area contributed by atoms with Crippen molar-refractivity contribution in [3.05, 3.63) is 77.6 Å². The van der Waals surface area contributed by atoms with Gasteiger partial charge in [-0.1, -0.05) is 12.1 Å². The molecule has 0 radical (unpaired) electrons. The molecule has 0 saturated carbocycles. The van der Waals surface area contributed by atoms with Crippen molar-refractivity contribution in [3.63, 3.8) is 0 Å². The van der Waals surface area contributed by atoms with Crippen LogP contribution in [0.4, 0.5) is 14.5 Å². The number of sulfone groups is 1. The van der Waals surface area contributed by atoms with Gasteiger partial charge in [-0.2, -0.15) is 5.10 Å². The standard InChI is InChI=1S/C18H15F2N3O3S/c1-27(25,26)11-12-10-13(19)6-7-15(12)21-18(24)16-8-9-23(22-16)17-5-3-2-4-14(17)20/h2-10H,11H2,1H3,(H,21,24). The molecule has 0 saturated heterocycles. The molecule has 0 aliphatic heterocycles. The predicted molar refractivity (Wildman–Crippen MR) is 96.4 cm³/mol. The van der Waals surface area contributed by atoms with Crippen molar-refractivity contribution >= 4 is 21.4 Å². The molecule has 0 spiro atoms. The summed E-state index contributed by atoms with van der Waals surface area (Å²) in [6.45, 7) is 0. The van der Waals surface area contributed by atoms with Gasteiger partial charge in [0.05, 0.1) is 5.75 Å². The molecule has 6 nitrogen and oxygen atoms in total. The van der Waals surface area contributed by atoms with E-state index in [0.29, 0.717) is 0 Å². The molecule has 0 aliphatic carbocycles. The number of halogens is 2. The van der Waals surface area contributed by atoms with E-state index in [1.54, 1.807) is 6.07 Å². The first kappa shape index (κ1) is 18.7. The highest BCUT2D eigenvalue weighted by atomic mass is 32.2. The zero-order chi connectivity index (χ0) is 19.6. The van der Waals surface area contributed by atoms with Crippen LogP contribution in [0.5, 0.6) is 0 Å². The number of amides is 1. The van der Waals surface area contributed by atoms with E-state index in [0.717, 1.165) is 18.4 Å². The number of benzene rings is 2. The van der Waals surface area contributed by atoms with Crippen molar-refractivity contribution in [1.82, 2.24) is 9.78 Å².